The Hall–Kier alpha value is -7.16. The van der Waals surface area contributed by atoms with Gasteiger partial charge in [0, 0.05) is 32.9 Å². The minimum absolute atomic E-state index is 0.00736. The molecule has 2 aliphatic rings. The zero-order valence-electron chi connectivity index (χ0n) is 31.2. The molecular weight excluding hydrogens is 697 g/mol. The van der Waals surface area contributed by atoms with Crippen LogP contribution in [0.15, 0.2) is 162 Å². The van der Waals surface area contributed by atoms with E-state index in [2.05, 4.69) is 120 Å². The highest BCUT2D eigenvalue weighted by molar-refractivity contribution is 6.06. The van der Waals surface area contributed by atoms with Crippen molar-refractivity contribution in [3.63, 3.8) is 0 Å². The summed E-state index contributed by atoms with van der Waals surface area (Å²) < 4.78 is 6.16. The van der Waals surface area contributed by atoms with Crippen LogP contribution in [0.5, 0.6) is 0 Å². The Morgan fingerprint density at radius 3 is 1.86 bits per heavy atom. The molecule has 1 spiro atoms. The lowest BCUT2D eigenvalue weighted by molar-refractivity contribution is 0.353. The summed E-state index contributed by atoms with van der Waals surface area (Å²) in [5.41, 5.74) is 15.0. The van der Waals surface area contributed by atoms with Crippen molar-refractivity contribution in [3.8, 4) is 67.5 Å². The van der Waals surface area contributed by atoms with Crippen LogP contribution in [-0.4, -0.2) is 15.0 Å². The maximum absolute atomic E-state index is 7.69. The fraction of sp³-hybridized carbons (Fsp3) is 0.115. The minimum Gasteiger partial charge on any atom is -0.456 e. The molecule has 1 fully saturated rings. The molecule has 5 nitrogen and oxygen atoms in total. The van der Waals surface area contributed by atoms with Gasteiger partial charge in [-0.05, 0) is 99.8 Å². The first kappa shape index (κ1) is 33.2. The number of para-hydroxylation sites is 1. The lowest BCUT2D eigenvalue weighted by Gasteiger charge is -2.36. The predicted molar refractivity (Wildman–Crippen MR) is 230 cm³/mol. The van der Waals surface area contributed by atoms with E-state index in [9.17, 15) is 0 Å². The molecular formula is C52H36N4O. The second kappa shape index (κ2) is 13.3. The van der Waals surface area contributed by atoms with E-state index in [0.29, 0.717) is 23.2 Å². The maximum atomic E-state index is 7.69. The SMILES string of the molecule is [C-]#[N+]c1ccc2c(c1)-c1ccc(-c3cccc(-c4nc(-c5ccc(-c6ccccc6)cc5)nc(-c5ccc6oc7ccccc7c6c5)n4)c3)cc1C21CCCCC1. The van der Waals surface area contributed by atoms with E-state index in [-0.39, 0.29) is 5.41 Å². The van der Waals surface area contributed by atoms with Crippen molar-refractivity contribution >= 4 is 27.6 Å². The summed E-state index contributed by atoms with van der Waals surface area (Å²) in [5.74, 6) is 1.84. The molecule has 0 bridgehead atoms. The molecule has 11 rings (SSSR count). The third-order valence-electron chi connectivity index (χ3n) is 12.2. The van der Waals surface area contributed by atoms with Crippen LogP contribution in [0.2, 0.25) is 0 Å². The number of aromatic nitrogens is 3. The Labute approximate surface area is 331 Å². The molecule has 2 aromatic heterocycles. The molecule has 2 heterocycles. The van der Waals surface area contributed by atoms with Crippen LogP contribution in [0.4, 0.5) is 5.69 Å². The van der Waals surface area contributed by atoms with Crippen molar-refractivity contribution in [3.05, 3.63) is 180 Å². The van der Waals surface area contributed by atoms with Gasteiger partial charge >= 0.3 is 0 Å². The van der Waals surface area contributed by atoms with Crippen LogP contribution in [0.25, 0.3) is 94.3 Å². The lowest BCUT2D eigenvalue weighted by Crippen LogP contribution is -2.28. The number of rotatable bonds is 5. The molecule has 0 N–H and O–H groups in total. The lowest BCUT2D eigenvalue weighted by atomic mass is 9.67. The van der Waals surface area contributed by atoms with Crippen LogP contribution < -0.4 is 0 Å². The van der Waals surface area contributed by atoms with Gasteiger partial charge in [-0.2, -0.15) is 0 Å². The Morgan fingerprint density at radius 1 is 0.439 bits per heavy atom. The molecule has 7 aromatic carbocycles. The molecule has 0 amide bonds. The van der Waals surface area contributed by atoms with Gasteiger partial charge in [-0.25, -0.2) is 19.8 Å². The number of benzene rings is 7. The van der Waals surface area contributed by atoms with Crippen molar-refractivity contribution in [2.24, 2.45) is 0 Å². The van der Waals surface area contributed by atoms with Crippen molar-refractivity contribution in [2.75, 3.05) is 0 Å². The first-order valence-electron chi connectivity index (χ1n) is 19.7. The number of fused-ring (bicyclic) bond motifs is 8. The first-order valence-corrected chi connectivity index (χ1v) is 19.7. The van der Waals surface area contributed by atoms with Gasteiger partial charge in [-0.3, -0.25) is 0 Å². The molecule has 2 aliphatic carbocycles. The van der Waals surface area contributed by atoms with Gasteiger partial charge in [0.15, 0.2) is 23.2 Å². The molecule has 57 heavy (non-hydrogen) atoms. The Morgan fingerprint density at radius 2 is 1.05 bits per heavy atom. The van der Waals surface area contributed by atoms with Gasteiger partial charge in [-0.15, -0.1) is 0 Å². The summed E-state index contributed by atoms with van der Waals surface area (Å²) >= 11 is 0. The molecule has 0 atom stereocenters. The summed E-state index contributed by atoms with van der Waals surface area (Å²) in [6.45, 7) is 7.69. The highest BCUT2D eigenvalue weighted by Crippen LogP contribution is 2.57. The smallest absolute Gasteiger partial charge is 0.187 e. The molecule has 270 valence electrons. The Balaban J connectivity index is 1.03. The monoisotopic (exact) mass is 732 g/mol. The quantitative estimate of drug-likeness (QED) is 0.165. The molecule has 0 saturated heterocycles. The van der Waals surface area contributed by atoms with Crippen molar-refractivity contribution in [2.45, 2.75) is 37.5 Å². The summed E-state index contributed by atoms with van der Waals surface area (Å²) in [7, 11) is 0. The molecule has 5 heteroatoms. The van der Waals surface area contributed by atoms with Gasteiger partial charge in [0.2, 0.25) is 0 Å². The molecule has 9 aromatic rings. The first-order chi connectivity index (χ1) is 28.1. The van der Waals surface area contributed by atoms with E-state index in [0.717, 1.165) is 68.2 Å². The normalized spacial score (nSPS) is 14.1. The maximum Gasteiger partial charge on any atom is 0.187 e. The zero-order valence-corrected chi connectivity index (χ0v) is 31.2. The van der Waals surface area contributed by atoms with E-state index in [1.807, 2.05) is 42.5 Å². The summed E-state index contributed by atoms with van der Waals surface area (Å²) in [6.07, 6.45) is 5.97. The average Bonchev–Trinajstić information content (AvgIpc) is 3.78. The Bertz CT molecular complexity index is 3060. The van der Waals surface area contributed by atoms with Gasteiger partial charge < -0.3 is 4.42 Å². The van der Waals surface area contributed by atoms with Crippen LogP contribution >= 0.6 is 0 Å². The second-order valence-corrected chi connectivity index (χ2v) is 15.4. The predicted octanol–water partition coefficient (Wildman–Crippen LogP) is 13.9. The van der Waals surface area contributed by atoms with Crippen LogP contribution in [-0.2, 0) is 5.41 Å². The molecule has 1 saturated carbocycles. The van der Waals surface area contributed by atoms with Gasteiger partial charge in [0.05, 0.1) is 6.57 Å². The van der Waals surface area contributed by atoms with Crippen molar-refractivity contribution < 1.29 is 4.42 Å². The number of hydrogen-bond acceptors (Lipinski definition) is 4. The van der Waals surface area contributed by atoms with E-state index >= 15 is 0 Å². The highest BCUT2D eigenvalue weighted by Gasteiger charge is 2.43. The Kier molecular flexibility index (Phi) is 7.72. The number of hydrogen-bond donors (Lipinski definition) is 0. The van der Waals surface area contributed by atoms with Crippen LogP contribution in [0, 0.1) is 6.57 Å². The van der Waals surface area contributed by atoms with E-state index in [1.54, 1.807) is 0 Å². The third-order valence-corrected chi connectivity index (χ3v) is 12.2. The summed E-state index contributed by atoms with van der Waals surface area (Å²) in [5, 5.41) is 2.09. The third kappa shape index (κ3) is 5.56. The summed E-state index contributed by atoms with van der Waals surface area (Å²) in [6, 6.07) is 55.0. The van der Waals surface area contributed by atoms with E-state index < -0.39 is 0 Å². The number of nitrogens with zero attached hydrogens (tertiary/aromatic N) is 4. The average molecular weight is 733 g/mol. The second-order valence-electron chi connectivity index (χ2n) is 15.4. The van der Waals surface area contributed by atoms with Crippen molar-refractivity contribution in [1.29, 1.82) is 0 Å². The number of furan rings is 1. The fourth-order valence-electron chi connectivity index (χ4n) is 9.34. The van der Waals surface area contributed by atoms with Crippen molar-refractivity contribution in [1.82, 2.24) is 15.0 Å². The van der Waals surface area contributed by atoms with E-state index in [1.165, 1.54) is 47.1 Å². The minimum atomic E-state index is -0.00736. The molecule has 0 unspecified atom stereocenters. The van der Waals surface area contributed by atoms with Gasteiger partial charge in [0.25, 0.3) is 0 Å². The zero-order chi connectivity index (χ0) is 37.9. The standard InChI is InChI=1S/C52H36N4O/c1-53-40-23-25-45-43(32-40)41-24-21-37(31-46(41)52(45)27-8-3-9-28-52)36-13-10-14-38(29-36)50-54-49(35-19-17-34(18-20-35)33-11-4-2-5-12-33)55-51(56-50)39-22-26-48-44(30-39)42-15-6-7-16-47(42)57-48/h2,4-7,10-26,29-32H,3,8-9,27-28H2. The molecule has 0 aliphatic heterocycles. The highest BCUT2D eigenvalue weighted by atomic mass is 16.3. The molecule has 0 radical (unpaired) electrons. The largest absolute Gasteiger partial charge is 0.456 e. The summed E-state index contributed by atoms with van der Waals surface area (Å²) in [4.78, 5) is 19.2. The fourth-order valence-corrected chi connectivity index (χ4v) is 9.34. The van der Waals surface area contributed by atoms with Crippen LogP contribution in [0.3, 0.4) is 0 Å². The van der Waals surface area contributed by atoms with Gasteiger partial charge in [0.1, 0.15) is 11.2 Å². The topological polar surface area (TPSA) is 56.2 Å². The van der Waals surface area contributed by atoms with Gasteiger partial charge in [-0.1, -0.05) is 135 Å². The van der Waals surface area contributed by atoms with E-state index in [4.69, 9.17) is 25.9 Å². The van der Waals surface area contributed by atoms with Crippen LogP contribution in [0.1, 0.15) is 43.2 Å².